The molecule has 0 aliphatic rings. The molecule has 112 valence electrons. The third kappa shape index (κ3) is 3.51. The molecule has 9 heteroatoms. The van der Waals surface area contributed by atoms with Crippen molar-refractivity contribution < 1.29 is 13.6 Å². The summed E-state index contributed by atoms with van der Waals surface area (Å²) in [6.07, 6.45) is 1.55. The van der Waals surface area contributed by atoms with Gasteiger partial charge in [-0.15, -0.1) is 0 Å². The maximum atomic E-state index is 12.2. The number of primary amides is 1. The number of amides is 1. The first-order chi connectivity index (χ1) is 10.0. The van der Waals surface area contributed by atoms with E-state index in [0.29, 0.717) is 17.6 Å². The minimum atomic E-state index is -1.95. The zero-order chi connectivity index (χ0) is 15.4. The molecular weight excluding hydrogens is 296 g/mol. The first-order valence-corrected chi connectivity index (χ1v) is 7.35. The lowest BCUT2D eigenvalue weighted by molar-refractivity contribution is 0.0998. The van der Waals surface area contributed by atoms with E-state index in [0.717, 1.165) is 0 Å². The van der Waals surface area contributed by atoms with Gasteiger partial charge in [0.05, 0.1) is 16.9 Å². The number of hydrogen-bond acceptors (Lipinski definition) is 5. The largest absolute Gasteiger partial charge is 0.365 e. The number of aromatic nitrogens is 2. The van der Waals surface area contributed by atoms with Crippen molar-refractivity contribution in [2.24, 2.45) is 5.73 Å². The van der Waals surface area contributed by atoms with Crippen LogP contribution in [-0.4, -0.2) is 36.6 Å². The summed E-state index contributed by atoms with van der Waals surface area (Å²) in [7, 11) is 0. The summed E-state index contributed by atoms with van der Waals surface area (Å²) in [6, 6.07) is 4.75. The molecule has 0 radical (unpaired) electrons. The molecule has 1 atom stereocenters. The molecule has 2 heterocycles. The number of pyridine rings is 2. The highest BCUT2D eigenvalue weighted by molar-refractivity contribution is 7.79. The van der Waals surface area contributed by atoms with Crippen LogP contribution in [0.4, 0.5) is 0 Å². The lowest BCUT2D eigenvalue weighted by Crippen LogP contribution is -2.33. The van der Waals surface area contributed by atoms with Crippen LogP contribution in [0.15, 0.2) is 29.2 Å². The van der Waals surface area contributed by atoms with Crippen LogP contribution < -0.4 is 16.6 Å². The highest BCUT2D eigenvalue weighted by atomic mass is 32.2. The van der Waals surface area contributed by atoms with Gasteiger partial charge in [0.1, 0.15) is 5.56 Å². The topological polar surface area (TPSA) is 127 Å². The monoisotopic (exact) mass is 310 g/mol. The van der Waals surface area contributed by atoms with Gasteiger partial charge >= 0.3 is 0 Å². The van der Waals surface area contributed by atoms with Crippen molar-refractivity contribution in [1.82, 2.24) is 14.9 Å². The molecule has 0 aliphatic heterocycles. The van der Waals surface area contributed by atoms with Gasteiger partial charge in [-0.25, -0.2) is 4.21 Å². The Bertz CT molecular complexity index is 758. The zero-order valence-corrected chi connectivity index (χ0v) is 11.8. The van der Waals surface area contributed by atoms with Crippen molar-refractivity contribution >= 4 is 28.0 Å². The number of carbonyl (C=O) groups excluding carboxylic acids is 1. The second-order valence-electron chi connectivity index (χ2n) is 4.25. The lowest BCUT2D eigenvalue weighted by Gasteiger charge is -2.11. The number of rotatable bonds is 6. The van der Waals surface area contributed by atoms with E-state index in [-0.39, 0.29) is 18.0 Å². The summed E-state index contributed by atoms with van der Waals surface area (Å²) >= 11 is -1.95. The summed E-state index contributed by atoms with van der Waals surface area (Å²) in [4.78, 5) is 27.7. The maximum Gasteiger partial charge on any atom is 0.264 e. The van der Waals surface area contributed by atoms with Crippen molar-refractivity contribution in [2.75, 3.05) is 12.4 Å². The second kappa shape index (κ2) is 6.57. The molecule has 0 fully saturated rings. The highest BCUT2D eigenvalue weighted by Crippen LogP contribution is 2.10. The summed E-state index contributed by atoms with van der Waals surface area (Å²) in [5.74, 6) is -0.911. The lowest BCUT2D eigenvalue weighted by atomic mass is 10.2. The Morgan fingerprint density at radius 1 is 1.52 bits per heavy atom. The fourth-order valence-corrected chi connectivity index (χ4v) is 2.27. The normalized spacial score (nSPS) is 12.4. The third-order valence-corrected chi connectivity index (χ3v) is 3.32. The van der Waals surface area contributed by atoms with Crippen LogP contribution in [0.2, 0.25) is 0 Å². The van der Waals surface area contributed by atoms with Crippen LogP contribution in [0.1, 0.15) is 10.4 Å². The van der Waals surface area contributed by atoms with Crippen molar-refractivity contribution in [3.8, 4) is 0 Å². The van der Waals surface area contributed by atoms with Gasteiger partial charge in [0.25, 0.3) is 11.5 Å². The molecule has 1 amide bonds. The van der Waals surface area contributed by atoms with E-state index < -0.39 is 22.5 Å². The average molecular weight is 310 g/mol. The summed E-state index contributed by atoms with van der Waals surface area (Å²) < 4.78 is 20.6. The Morgan fingerprint density at radius 3 is 2.95 bits per heavy atom. The first kappa shape index (κ1) is 15.3. The number of nitrogens with two attached hydrogens (primary N) is 1. The molecule has 8 nitrogen and oxygen atoms in total. The predicted molar refractivity (Wildman–Crippen MR) is 78.2 cm³/mol. The molecule has 0 saturated heterocycles. The second-order valence-corrected chi connectivity index (χ2v) is 5.18. The Kier molecular flexibility index (Phi) is 4.78. The van der Waals surface area contributed by atoms with Crippen molar-refractivity contribution in [2.45, 2.75) is 6.54 Å². The molecule has 0 aromatic carbocycles. The van der Waals surface area contributed by atoms with Crippen LogP contribution in [0.5, 0.6) is 0 Å². The van der Waals surface area contributed by atoms with Gasteiger partial charge in [-0.2, -0.15) is 0 Å². The smallest absolute Gasteiger partial charge is 0.264 e. The van der Waals surface area contributed by atoms with E-state index in [4.69, 9.17) is 10.3 Å². The Balaban J connectivity index is 2.40. The standard InChI is InChI=1S/C12H14N4O4S/c13-11(17)8-6-9-10(2-1-3-15-9)16(12(8)18)5-4-14-7-21(19)20/h1-3,6,14H,4-5,7H2,(H2,13,17)(H,19,20). The molecule has 1 unspecified atom stereocenters. The van der Waals surface area contributed by atoms with Gasteiger partial charge in [0, 0.05) is 19.3 Å². The predicted octanol–water partition coefficient (Wildman–Crippen LogP) is -0.736. The fourth-order valence-electron chi connectivity index (χ4n) is 1.95. The first-order valence-electron chi connectivity index (χ1n) is 6.07. The van der Waals surface area contributed by atoms with Gasteiger partial charge in [-0.05, 0) is 18.2 Å². The zero-order valence-electron chi connectivity index (χ0n) is 11.0. The van der Waals surface area contributed by atoms with Crippen LogP contribution in [0, 0.1) is 0 Å². The average Bonchev–Trinajstić information content (AvgIpc) is 2.44. The summed E-state index contributed by atoms with van der Waals surface area (Å²) in [5, 5.41) is 2.73. The number of nitrogens with zero attached hydrogens (tertiary/aromatic N) is 2. The molecule has 0 aliphatic carbocycles. The van der Waals surface area contributed by atoms with Crippen LogP contribution >= 0.6 is 0 Å². The Morgan fingerprint density at radius 2 is 2.29 bits per heavy atom. The van der Waals surface area contributed by atoms with Gasteiger partial charge in [-0.3, -0.25) is 14.6 Å². The Hall–Kier alpha value is -2.10. The van der Waals surface area contributed by atoms with E-state index in [9.17, 15) is 13.8 Å². The van der Waals surface area contributed by atoms with E-state index in [1.807, 2.05) is 0 Å². The van der Waals surface area contributed by atoms with E-state index >= 15 is 0 Å². The van der Waals surface area contributed by atoms with Crippen LogP contribution in [-0.2, 0) is 17.6 Å². The third-order valence-electron chi connectivity index (χ3n) is 2.87. The molecule has 4 N–H and O–H groups in total. The number of hydrogen-bond donors (Lipinski definition) is 3. The van der Waals surface area contributed by atoms with Gasteiger partial charge in [-0.1, -0.05) is 0 Å². The van der Waals surface area contributed by atoms with Crippen molar-refractivity contribution in [1.29, 1.82) is 0 Å². The minimum absolute atomic E-state index is 0.0968. The number of carbonyl (C=O) groups is 1. The quantitative estimate of drug-likeness (QED) is 0.476. The van der Waals surface area contributed by atoms with Gasteiger partial charge in [0.2, 0.25) is 0 Å². The maximum absolute atomic E-state index is 12.2. The molecule has 2 aromatic rings. The molecule has 21 heavy (non-hydrogen) atoms. The van der Waals surface area contributed by atoms with Crippen molar-refractivity contribution in [3.63, 3.8) is 0 Å². The van der Waals surface area contributed by atoms with Gasteiger partial charge < -0.3 is 20.2 Å². The van der Waals surface area contributed by atoms with Gasteiger partial charge in [0.15, 0.2) is 11.1 Å². The molecule has 2 aromatic heterocycles. The summed E-state index contributed by atoms with van der Waals surface area (Å²) in [6.45, 7) is 0.512. The minimum Gasteiger partial charge on any atom is -0.365 e. The molecule has 0 saturated carbocycles. The SMILES string of the molecule is NC(=O)c1cc2ncccc2n(CCNCS(=O)O)c1=O. The van der Waals surface area contributed by atoms with Crippen LogP contribution in [0.3, 0.4) is 0 Å². The fraction of sp³-hybridized carbons (Fsp3) is 0.250. The summed E-state index contributed by atoms with van der Waals surface area (Å²) in [5.41, 5.74) is 5.61. The van der Waals surface area contributed by atoms with E-state index in [1.54, 1.807) is 18.3 Å². The number of fused-ring (bicyclic) bond motifs is 1. The van der Waals surface area contributed by atoms with Crippen LogP contribution in [0.25, 0.3) is 11.0 Å². The van der Waals surface area contributed by atoms with E-state index in [1.165, 1.54) is 10.6 Å². The van der Waals surface area contributed by atoms with Crippen molar-refractivity contribution in [3.05, 3.63) is 40.3 Å². The molecule has 0 spiro atoms. The molecule has 0 bridgehead atoms. The Labute approximate surface area is 122 Å². The highest BCUT2D eigenvalue weighted by Gasteiger charge is 2.13. The van der Waals surface area contributed by atoms with E-state index in [2.05, 4.69) is 10.3 Å². The number of nitrogens with one attached hydrogen (secondary N) is 1. The molecule has 2 rings (SSSR count). The molecular formula is C12H14N4O4S.